The van der Waals surface area contributed by atoms with Crippen LogP contribution in [0.4, 0.5) is 10.1 Å². The highest BCUT2D eigenvalue weighted by atomic mass is 19.1. The molecule has 29 heavy (non-hydrogen) atoms. The van der Waals surface area contributed by atoms with E-state index in [0.717, 1.165) is 11.3 Å². The number of methoxy groups -OCH3 is 1. The highest BCUT2D eigenvalue weighted by Crippen LogP contribution is 2.31. The molecule has 0 spiro atoms. The van der Waals surface area contributed by atoms with Crippen molar-refractivity contribution in [3.8, 4) is 22.9 Å². The van der Waals surface area contributed by atoms with Crippen LogP contribution in [0.3, 0.4) is 0 Å². The van der Waals surface area contributed by atoms with E-state index in [0.29, 0.717) is 48.7 Å². The van der Waals surface area contributed by atoms with Gasteiger partial charge in [0.15, 0.2) is 17.3 Å². The normalized spacial score (nSPS) is 13.9. The van der Waals surface area contributed by atoms with E-state index in [2.05, 4.69) is 9.97 Å². The molecule has 7 nitrogen and oxygen atoms in total. The molecule has 1 aliphatic rings. The fourth-order valence-electron chi connectivity index (χ4n) is 3.53. The summed E-state index contributed by atoms with van der Waals surface area (Å²) in [6, 6.07) is 10.0. The van der Waals surface area contributed by atoms with Crippen molar-refractivity contribution in [2.24, 2.45) is 0 Å². The minimum Gasteiger partial charge on any atom is -0.502 e. The zero-order valence-electron chi connectivity index (χ0n) is 15.9. The number of phenols is 1. The molecule has 150 valence electrons. The molecule has 0 fully saturated rings. The largest absolute Gasteiger partial charge is 0.502 e. The first-order chi connectivity index (χ1) is 13.9. The van der Waals surface area contributed by atoms with E-state index in [4.69, 9.17) is 10.5 Å². The van der Waals surface area contributed by atoms with Crippen LogP contribution in [0.2, 0.25) is 0 Å². The lowest BCUT2D eigenvalue weighted by atomic mass is 10.0. The van der Waals surface area contributed by atoms with E-state index in [1.54, 1.807) is 18.2 Å². The Balaban J connectivity index is 1.57. The second kappa shape index (κ2) is 7.56. The van der Waals surface area contributed by atoms with Gasteiger partial charge in [-0.25, -0.2) is 9.37 Å². The first kappa shape index (κ1) is 18.9. The number of hydrogen-bond acceptors (Lipinski definition) is 6. The monoisotopic (exact) mass is 396 g/mol. The Morgan fingerprint density at radius 2 is 2.07 bits per heavy atom. The maximum absolute atomic E-state index is 13.9. The summed E-state index contributed by atoms with van der Waals surface area (Å²) < 4.78 is 18.9. The third-order valence-corrected chi connectivity index (χ3v) is 5.05. The van der Waals surface area contributed by atoms with Crippen LogP contribution in [0, 0.1) is 5.82 Å². The van der Waals surface area contributed by atoms with E-state index >= 15 is 0 Å². The van der Waals surface area contributed by atoms with Crippen LogP contribution in [0.25, 0.3) is 11.4 Å². The Hall–Kier alpha value is -3.39. The number of aromatic nitrogens is 2. The lowest BCUT2D eigenvalue weighted by Gasteiger charge is -2.28. The maximum atomic E-state index is 13.9. The van der Waals surface area contributed by atoms with E-state index in [1.807, 2.05) is 17.0 Å². The molecule has 4 N–H and O–H groups in total. The van der Waals surface area contributed by atoms with Crippen molar-refractivity contribution < 1.29 is 14.2 Å². The Labute approximate surface area is 166 Å². The van der Waals surface area contributed by atoms with E-state index in [1.165, 1.54) is 13.2 Å². The number of anilines is 1. The molecule has 0 unspecified atom stereocenters. The minimum atomic E-state index is -0.732. The van der Waals surface area contributed by atoms with Crippen LogP contribution in [-0.2, 0) is 19.5 Å². The van der Waals surface area contributed by atoms with Gasteiger partial charge in [0.1, 0.15) is 5.82 Å². The van der Waals surface area contributed by atoms with Gasteiger partial charge in [0, 0.05) is 37.3 Å². The van der Waals surface area contributed by atoms with Gasteiger partial charge >= 0.3 is 0 Å². The van der Waals surface area contributed by atoms with Crippen LogP contribution in [0.5, 0.6) is 11.5 Å². The number of hydrogen-bond donors (Lipinski definition) is 3. The third kappa shape index (κ3) is 3.79. The van der Waals surface area contributed by atoms with Crippen molar-refractivity contribution in [3.63, 3.8) is 0 Å². The van der Waals surface area contributed by atoms with Crippen molar-refractivity contribution in [1.82, 2.24) is 14.9 Å². The predicted molar refractivity (Wildman–Crippen MR) is 107 cm³/mol. The van der Waals surface area contributed by atoms with Crippen LogP contribution in [0.1, 0.15) is 16.8 Å². The molecule has 0 saturated carbocycles. The van der Waals surface area contributed by atoms with Gasteiger partial charge < -0.3 is 20.6 Å². The summed E-state index contributed by atoms with van der Waals surface area (Å²) in [5.74, 6) is -0.627. The SMILES string of the molecule is COc1cc(CN2CCc3nc(-c4ccc(N)cc4)[nH]c(=O)c3C2)cc(F)c1O. The molecule has 8 heteroatoms. The molecule has 3 aromatic rings. The summed E-state index contributed by atoms with van der Waals surface area (Å²) in [5, 5.41) is 9.66. The molecule has 0 radical (unpaired) electrons. The van der Waals surface area contributed by atoms with Crippen LogP contribution in [0.15, 0.2) is 41.2 Å². The molecular formula is C21H21FN4O3. The molecule has 2 heterocycles. The number of nitrogens with one attached hydrogen (secondary N) is 1. The van der Waals surface area contributed by atoms with Gasteiger partial charge in [-0.3, -0.25) is 9.69 Å². The summed E-state index contributed by atoms with van der Waals surface area (Å²) in [5.41, 5.74) is 9.02. The maximum Gasteiger partial charge on any atom is 0.255 e. The lowest BCUT2D eigenvalue weighted by molar-refractivity contribution is 0.240. The Morgan fingerprint density at radius 1 is 1.31 bits per heavy atom. The quantitative estimate of drug-likeness (QED) is 0.585. The van der Waals surface area contributed by atoms with Crippen molar-refractivity contribution in [2.75, 3.05) is 19.4 Å². The molecule has 0 atom stereocenters. The second-order valence-corrected chi connectivity index (χ2v) is 7.05. The van der Waals surface area contributed by atoms with Crippen LogP contribution in [-0.4, -0.2) is 33.6 Å². The number of ether oxygens (including phenoxy) is 1. The zero-order chi connectivity index (χ0) is 20.5. The first-order valence-electron chi connectivity index (χ1n) is 9.20. The van der Waals surface area contributed by atoms with E-state index in [9.17, 15) is 14.3 Å². The van der Waals surface area contributed by atoms with E-state index < -0.39 is 11.6 Å². The Morgan fingerprint density at radius 3 is 2.79 bits per heavy atom. The van der Waals surface area contributed by atoms with Gasteiger partial charge in [-0.15, -0.1) is 0 Å². The van der Waals surface area contributed by atoms with Gasteiger partial charge in [0.25, 0.3) is 5.56 Å². The van der Waals surface area contributed by atoms with Crippen molar-refractivity contribution in [3.05, 3.63) is 69.4 Å². The molecule has 1 aromatic heterocycles. The standard InChI is InChI=1S/C21H21FN4O3/c1-29-18-9-12(8-16(22)19(18)27)10-26-7-6-17-15(11-26)21(28)25-20(24-17)13-2-4-14(23)5-3-13/h2-5,8-9,27H,6-7,10-11,23H2,1H3,(H,24,25,28). The Kier molecular flexibility index (Phi) is 4.94. The van der Waals surface area contributed by atoms with Crippen LogP contribution >= 0.6 is 0 Å². The smallest absolute Gasteiger partial charge is 0.255 e. The molecule has 0 aliphatic carbocycles. The summed E-state index contributed by atoms with van der Waals surface area (Å²) in [4.78, 5) is 22.2. The van der Waals surface area contributed by atoms with Crippen molar-refractivity contribution in [1.29, 1.82) is 0 Å². The van der Waals surface area contributed by atoms with Gasteiger partial charge in [0.05, 0.1) is 18.4 Å². The number of halogens is 1. The zero-order valence-corrected chi connectivity index (χ0v) is 15.9. The number of nitrogens with zero attached hydrogens (tertiary/aromatic N) is 2. The predicted octanol–water partition coefficient (Wildman–Crippen LogP) is 2.43. The van der Waals surface area contributed by atoms with Gasteiger partial charge in [-0.1, -0.05) is 0 Å². The molecular weight excluding hydrogens is 375 g/mol. The lowest BCUT2D eigenvalue weighted by Crippen LogP contribution is -2.35. The molecule has 4 rings (SSSR count). The topological polar surface area (TPSA) is 104 Å². The number of phenolic OH excluding ortho intramolecular Hbond substituents is 1. The fraction of sp³-hybridized carbons (Fsp3) is 0.238. The summed E-state index contributed by atoms with van der Waals surface area (Å²) in [6.07, 6.45) is 0.610. The molecule has 0 bridgehead atoms. The number of H-pyrrole nitrogens is 1. The minimum absolute atomic E-state index is 0.0880. The number of fused-ring (bicyclic) bond motifs is 1. The number of aromatic amines is 1. The van der Waals surface area contributed by atoms with Gasteiger partial charge in [0.2, 0.25) is 0 Å². The number of benzene rings is 2. The average molecular weight is 396 g/mol. The number of nitrogens with two attached hydrogens (primary N) is 1. The van der Waals surface area contributed by atoms with Crippen molar-refractivity contribution in [2.45, 2.75) is 19.5 Å². The molecule has 0 amide bonds. The van der Waals surface area contributed by atoms with Crippen molar-refractivity contribution >= 4 is 5.69 Å². The molecule has 2 aromatic carbocycles. The summed E-state index contributed by atoms with van der Waals surface area (Å²) in [7, 11) is 1.37. The summed E-state index contributed by atoms with van der Waals surface area (Å²) >= 11 is 0. The summed E-state index contributed by atoms with van der Waals surface area (Å²) in [6.45, 7) is 1.51. The fourth-order valence-corrected chi connectivity index (χ4v) is 3.53. The molecule has 1 aliphatic heterocycles. The first-order valence-corrected chi connectivity index (χ1v) is 9.20. The number of rotatable bonds is 4. The second-order valence-electron chi connectivity index (χ2n) is 7.05. The average Bonchev–Trinajstić information content (AvgIpc) is 2.71. The van der Waals surface area contributed by atoms with E-state index in [-0.39, 0.29) is 11.3 Å². The number of aromatic hydroxyl groups is 1. The highest BCUT2D eigenvalue weighted by Gasteiger charge is 2.22. The van der Waals surface area contributed by atoms with Crippen LogP contribution < -0.4 is 16.0 Å². The third-order valence-electron chi connectivity index (χ3n) is 5.05. The Bertz CT molecular complexity index is 1110. The van der Waals surface area contributed by atoms with Gasteiger partial charge in [-0.2, -0.15) is 0 Å². The number of nitrogen functional groups attached to an aromatic ring is 1. The highest BCUT2D eigenvalue weighted by molar-refractivity contribution is 5.58. The molecule has 0 saturated heterocycles. The van der Waals surface area contributed by atoms with Gasteiger partial charge in [-0.05, 0) is 42.0 Å².